The molecule has 5 nitrogen and oxygen atoms in total. The molecule has 0 saturated carbocycles. The average Bonchev–Trinajstić information content (AvgIpc) is 3.24. The number of rotatable bonds is 4. The van der Waals surface area contributed by atoms with Gasteiger partial charge in [0, 0.05) is 18.9 Å². The van der Waals surface area contributed by atoms with Crippen molar-refractivity contribution in [1.29, 1.82) is 0 Å². The molecule has 0 amide bonds. The second-order valence-electron chi connectivity index (χ2n) is 6.39. The van der Waals surface area contributed by atoms with Crippen molar-refractivity contribution in [3.63, 3.8) is 0 Å². The van der Waals surface area contributed by atoms with Crippen LogP contribution in [0.1, 0.15) is 35.0 Å². The van der Waals surface area contributed by atoms with Crippen molar-refractivity contribution in [2.45, 2.75) is 31.8 Å². The number of aromatic nitrogens is 2. The Morgan fingerprint density at radius 1 is 1.36 bits per heavy atom. The molecule has 0 radical (unpaired) electrons. The first-order valence-corrected chi connectivity index (χ1v) is 9.21. The molecule has 3 aromatic rings. The van der Waals surface area contributed by atoms with Crippen LogP contribution in [0.4, 0.5) is 0 Å². The number of likely N-dealkylation sites (tertiary alicyclic amines) is 1. The van der Waals surface area contributed by atoms with E-state index in [0.717, 1.165) is 39.3 Å². The number of para-hydroxylation sites is 1. The van der Waals surface area contributed by atoms with E-state index in [-0.39, 0.29) is 6.04 Å². The van der Waals surface area contributed by atoms with Gasteiger partial charge < -0.3 is 5.11 Å². The zero-order chi connectivity index (χ0) is 17.4. The van der Waals surface area contributed by atoms with Crippen molar-refractivity contribution >= 4 is 27.5 Å². The largest absolute Gasteiger partial charge is 0.480 e. The molecule has 2 aromatic heterocycles. The van der Waals surface area contributed by atoms with Crippen LogP contribution in [-0.2, 0) is 4.79 Å². The maximum atomic E-state index is 11.8. The summed E-state index contributed by atoms with van der Waals surface area (Å²) in [5, 5.41) is 10.6. The first-order valence-electron chi connectivity index (χ1n) is 8.39. The Bertz CT molecular complexity index is 891. The molecular formula is C19H19N3O2S. The van der Waals surface area contributed by atoms with Crippen molar-refractivity contribution in [3.05, 3.63) is 58.9 Å². The molecule has 2 unspecified atom stereocenters. The molecule has 25 heavy (non-hydrogen) atoms. The van der Waals surface area contributed by atoms with Gasteiger partial charge >= 0.3 is 5.97 Å². The highest BCUT2D eigenvalue weighted by molar-refractivity contribution is 7.18. The van der Waals surface area contributed by atoms with Crippen molar-refractivity contribution < 1.29 is 9.90 Å². The summed E-state index contributed by atoms with van der Waals surface area (Å²) in [6.45, 7) is 2.79. The fourth-order valence-electron chi connectivity index (χ4n) is 3.61. The highest BCUT2D eigenvalue weighted by Crippen LogP contribution is 2.39. The van der Waals surface area contributed by atoms with E-state index in [1.165, 1.54) is 0 Å². The van der Waals surface area contributed by atoms with Gasteiger partial charge in [-0.15, -0.1) is 11.3 Å². The summed E-state index contributed by atoms with van der Waals surface area (Å²) in [5.41, 5.74) is 3.11. The van der Waals surface area contributed by atoms with Crippen LogP contribution >= 0.6 is 11.3 Å². The molecule has 3 heterocycles. The Morgan fingerprint density at radius 3 is 2.96 bits per heavy atom. The van der Waals surface area contributed by atoms with E-state index in [0.29, 0.717) is 6.42 Å². The molecule has 2 atom stereocenters. The number of thiazole rings is 1. The summed E-state index contributed by atoms with van der Waals surface area (Å²) in [5.74, 6) is -0.754. The minimum absolute atomic E-state index is 0.149. The number of carboxylic acids is 1. The fraction of sp³-hybridized carbons (Fsp3) is 0.316. The molecule has 6 heteroatoms. The Kier molecular flexibility index (Phi) is 4.23. The molecule has 128 valence electrons. The Balaban J connectivity index is 1.86. The number of aliphatic carboxylic acids is 1. The monoisotopic (exact) mass is 353 g/mol. The van der Waals surface area contributed by atoms with Crippen LogP contribution < -0.4 is 0 Å². The SMILES string of the molecule is Cc1cnccc1C(c1nc2ccccc2s1)N1CCCC1C(=O)O. The molecular weight excluding hydrogens is 334 g/mol. The number of pyridine rings is 1. The lowest BCUT2D eigenvalue weighted by atomic mass is 10.0. The minimum Gasteiger partial charge on any atom is -0.480 e. The molecule has 1 saturated heterocycles. The van der Waals surface area contributed by atoms with E-state index in [1.54, 1.807) is 17.5 Å². The van der Waals surface area contributed by atoms with Gasteiger partial charge in [-0.05, 0) is 49.1 Å². The summed E-state index contributed by atoms with van der Waals surface area (Å²) in [7, 11) is 0. The van der Waals surface area contributed by atoms with Gasteiger partial charge in [-0.1, -0.05) is 12.1 Å². The van der Waals surface area contributed by atoms with Gasteiger partial charge in [-0.3, -0.25) is 14.7 Å². The highest BCUT2D eigenvalue weighted by Gasteiger charge is 2.38. The lowest BCUT2D eigenvalue weighted by Crippen LogP contribution is -2.39. The summed E-state index contributed by atoms with van der Waals surface area (Å²) < 4.78 is 1.13. The number of hydrogen-bond donors (Lipinski definition) is 1. The van der Waals surface area contributed by atoms with Crippen molar-refractivity contribution in [2.75, 3.05) is 6.54 Å². The van der Waals surface area contributed by atoms with Crippen LogP contribution in [0.3, 0.4) is 0 Å². The molecule has 0 spiro atoms. The van der Waals surface area contributed by atoms with Crippen LogP contribution in [-0.4, -0.2) is 38.5 Å². The van der Waals surface area contributed by atoms with Crippen molar-refractivity contribution in [3.8, 4) is 0 Å². The number of carbonyl (C=O) groups is 1. The van der Waals surface area contributed by atoms with Gasteiger partial charge in [0.1, 0.15) is 11.0 Å². The maximum absolute atomic E-state index is 11.8. The van der Waals surface area contributed by atoms with Crippen LogP contribution in [0.15, 0.2) is 42.7 Å². The van der Waals surface area contributed by atoms with Gasteiger partial charge in [-0.2, -0.15) is 0 Å². The van der Waals surface area contributed by atoms with Gasteiger partial charge in [0.2, 0.25) is 0 Å². The van der Waals surface area contributed by atoms with E-state index >= 15 is 0 Å². The minimum atomic E-state index is -0.754. The summed E-state index contributed by atoms with van der Waals surface area (Å²) >= 11 is 1.64. The fourth-order valence-corrected chi connectivity index (χ4v) is 4.72. The Labute approximate surface area is 150 Å². The van der Waals surface area contributed by atoms with Gasteiger partial charge in [0.05, 0.1) is 16.3 Å². The van der Waals surface area contributed by atoms with Crippen LogP contribution in [0.2, 0.25) is 0 Å². The van der Waals surface area contributed by atoms with Gasteiger partial charge in [-0.25, -0.2) is 4.98 Å². The van der Waals surface area contributed by atoms with Crippen LogP contribution in [0, 0.1) is 6.92 Å². The molecule has 0 bridgehead atoms. The van der Waals surface area contributed by atoms with E-state index in [4.69, 9.17) is 4.98 Å². The van der Waals surface area contributed by atoms with Gasteiger partial charge in [0.15, 0.2) is 0 Å². The summed E-state index contributed by atoms with van der Waals surface area (Å²) in [6.07, 6.45) is 5.18. The van der Waals surface area contributed by atoms with E-state index in [9.17, 15) is 9.90 Å². The normalized spacial score (nSPS) is 19.3. The van der Waals surface area contributed by atoms with E-state index < -0.39 is 12.0 Å². The standard InChI is InChI=1S/C19H19N3O2S/c1-12-11-20-9-8-13(12)17(22-10-4-6-15(22)19(23)24)18-21-14-5-2-3-7-16(14)25-18/h2-3,5,7-9,11,15,17H,4,6,10H2,1H3,(H,23,24). The van der Waals surface area contributed by atoms with Gasteiger partial charge in [0.25, 0.3) is 0 Å². The predicted octanol–water partition coefficient (Wildman–Crippen LogP) is 3.64. The topological polar surface area (TPSA) is 66.3 Å². The molecule has 1 aliphatic heterocycles. The second-order valence-corrected chi connectivity index (χ2v) is 7.45. The summed E-state index contributed by atoms with van der Waals surface area (Å²) in [4.78, 5) is 22.9. The highest BCUT2D eigenvalue weighted by atomic mass is 32.1. The third kappa shape index (κ3) is 2.92. The molecule has 1 fully saturated rings. The number of nitrogens with zero attached hydrogens (tertiary/aromatic N) is 3. The molecule has 1 aromatic carbocycles. The van der Waals surface area contributed by atoms with Crippen molar-refractivity contribution in [2.24, 2.45) is 0 Å². The smallest absolute Gasteiger partial charge is 0.320 e. The molecule has 1 N–H and O–H groups in total. The van der Waals surface area contributed by atoms with Crippen LogP contribution in [0.5, 0.6) is 0 Å². The number of carboxylic acid groups (broad SMARTS) is 1. The Morgan fingerprint density at radius 2 is 2.20 bits per heavy atom. The van der Waals surface area contributed by atoms with Crippen LogP contribution in [0.25, 0.3) is 10.2 Å². The first kappa shape index (κ1) is 16.2. The third-order valence-corrected chi connectivity index (χ3v) is 5.90. The molecule has 0 aliphatic carbocycles. The quantitative estimate of drug-likeness (QED) is 0.776. The zero-order valence-electron chi connectivity index (χ0n) is 13.9. The zero-order valence-corrected chi connectivity index (χ0v) is 14.7. The second kappa shape index (κ2) is 6.54. The number of benzene rings is 1. The lowest BCUT2D eigenvalue weighted by Gasteiger charge is -2.30. The lowest BCUT2D eigenvalue weighted by molar-refractivity contribution is -0.142. The van der Waals surface area contributed by atoms with E-state index in [1.807, 2.05) is 37.4 Å². The molecule has 4 rings (SSSR count). The Hall–Kier alpha value is -2.31. The van der Waals surface area contributed by atoms with Crippen molar-refractivity contribution in [1.82, 2.24) is 14.9 Å². The first-order chi connectivity index (χ1) is 12.1. The third-order valence-electron chi connectivity index (χ3n) is 4.81. The summed E-state index contributed by atoms with van der Waals surface area (Å²) in [6, 6.07) is 9.43. The number of hydrogen-bond acceptors (Lipinski definition) is 5. The maximum Gasteiger partial charge on any atom is 0.320 e. The predicted molar refractivity (Wildman–Crippen MR) is 97.8 cm³/mol. The van der Waals surface area contributed by atoms with E-state index in [2.05, 4.69) is 16.0 Å². The number of aryl methyl sites for hydroxylation is 1. The average molecular weight is 353 g/mol. The molecule has 1 aliphatic rings. The number of fused-ring (bicyclic) bond motifs is 1.